The van der Waals surface area contributed by atoms with E-state index in [2.05, 4.69) is 0 Å². The first-order valence-electron chi connectivity index (χ1n) is 3.57. The fourth-order valence-electron chi connectivity index (χ4n) is 0.858. The van der Waals surface area contributed by atoms with Crippen molar-refractivity contribution in [3.8, 4) is 0 Å². The van der Waals surface area contributed by atoms with Crippen molar-refractivity contribution in [2.45, 2.75) is 0 Å². The van der Waals surface area contributed by atoms with Crippen LogP contribution in [-0.4, -0.2) is 11.9 Å². The summed E-state index contributed by atoms with van der Waals surface area (Å²) >= 11 is 5.42. The van der Waals surface area contributed by atoms with E-state index in [0.717, 1.165) is 0 Å². The molecule has 1 aromatic carbocycles. The maximum absolute atomic E-state index is 13.2. The molecule has 0 radical (unpaired) electrons. The predicted molar refractivity (Wildman–Crippen MR) is 48.5 cm³/mol. The zero-order valence-corrected chi connectivity index (χ0v) is 7.64. The molecule has 1 aromatic rings. The SMILES string of the molecule is NC(=O)NC(=O)c1cccc(Cl)c1F. The van der Waals surface area contributed by atoms with Crippen molar-refractivity contribution in [3.63, 3.8) is 0 Å². The molecule has 0 saturated heterocycles. The summed E-state index contributed by atoms with van der Waals surface area (Å²) in [7, 11) is 0. The van der Waals surface area contributed by atoms with Gasteiger partial charge in [0.25, 0.3) is 5.91 Å². The molecule has 14 heavy (non-hydrogen) atoms. The Balaban J connectivity index is 3.01. The van der Waals surface area contributed by atoms with Gasteiger partial charge in [0.1, 0.15) is 0 Å². The number of nitrogens with one attached hydrogen (secondary N) is 1. The highest BCUT2D eigenvalue weighted by Gasteiger charge is 2.14. The molecule has 0 aliphatic rings. The van der Waals surface area contributed by atoms with Gasteiger partial charge < -0.3 is 5.73 Å². The van der Waals surface area contributed by atoms with Crippen molar-refractivity contribution < 1.29 is 14.0 Å². The Morgan fingerprint density at radius 1 is 1.43 bits per heavy atom. The van der Waals surface area contributed by atoms with E-state index in [4.69, 9.17) is 17.3 Å². The molecule has 0 spiro atoms. The third-order valence-electron chi connectivity index (χ3n) is 1.43. The predicted octanol–water partition coefficient (Wildman–Crippen LogP) is 1.29. The molecule has 4 nitrogen and oxygen atoms in total. The van der Waals surface area contributed by atoms with Crippen LogP contribution in [-0.2, 0) is 0 Å². The van der Waals surface area contributed by atoms with Crippen LogP contribution in [0.1, 0.15) is 10.4 Å². The summed E-state index contributed by atoms with van der Waals surface area (Å²) in [5.74, 6) is -1.80. The van der Waals surface area contributed by atoms with E-state index in [0.29, 0.717) is 0 Å². The number of primary amides is 1. The molecule has 0 unspecified atom stereocenters. The number of carbonyl (C=O) groups is 2. The molecule has 3 amide bonds. The second kappa shape index (κ2) is 4.06. The number of amides is 3. The Labute approximate surface area is 83.8 Å². The van der Waals surface area contributed by atoms with Gasteiger partial charge in [0.2, 0.25) is 0 Å². The lowest BCUT2D eigenvalue weighted by molar-refractivity contribution is 0.0962. The number of benzene rings is 1. The Hall–Kier alpha value is -1.62. The molecule has 1 rings (SSSR count). The average Bonchev–Trinajstić information content (AvgIpc) is 2.08. The standard InChI is InChI=1S/C8H6ClFN2O2/c9-5-3-1-2-4(6(5)10)7(13)12-8(11)14/h1-3H,(H3,11,12,13,14). The number of urea groups is 1. The smallest absolute Gasteiger partial charge is 0.319 e. The second-order valence-electron chi connectivity index (χ2n) is 2.42. The summed E-state index contributed by atoms with van der Waals surface area (Å²) in [4.78, 5) is 21.4. The fourth-order valence-corrected chi connectivity index (χ4v) is 1.03. The molecule has 0 atom stereocenters. The average molecular weight is 217 g/mol. The highest BCUT2D eigenvalue weighted by molar-refractivity contribution is 6.31. The van der Waals surface area contributed by atoms with E-state index < -0.39 is 17.8 Å². The van der Waals surface area contributed by atoms with Gasteiger partial charge in [-0.2, -0.15) is 0 Å². The number of halogens is 2. The molecule has 0 saturated carbocycles. The van der Waals surface area contributed by atoms with Gasteiger partial charge in [0.15, 0.2) is 5.82 Å². The van der Waals surface area contributed by atoms with Crippen molar-refractivity contribution in [2.75, 3.05) is 0 Å². The summed E-state index contributed by atoms with van der Waals surface area (Å²) in [6.45, 7) is 0. The highest BCUT2D eigenvalue weighted by atomic mass is 35.5. The topological polar surface area (TPSA) is 72.2 Å². The summed E-state index contributed by atoms with van der Waals surface area (Å²) in [5.41, 5.74) is 4.37. The largest absolute Gasteiger partial charge is 0.351 e. The summed E-state index contributed by atoms with van der Waals surface area (Å²) in [6, 6.07) is 2.83. The lowest BCUT2D eigenvalue weighted by Crippen LogP contribution is -2.35. The molecule has 0 bridgehead atoms. The molecule has 0 aliphatic carbocycles. The number of hydrogen-bond donors (Lipinski definition) is 2. The van der Waals surface area contributed by atoms with Gasteiger partial charge in [-0.15, -0.1) is 0 Å². The van der Waals surface area contributed by atoms with Crippen LogP contribution >= 0.6 is 11.6 Å². The molecule has 3 N–H and O–H groups in total. The van der Waals surface area contributed by atoms with Crippen LogP contribution in [0, 0.1) is 5.82 Å². The summed E-state index contributed by atoms with van der Waals surface area (Å²) in [5, 5.41) is 1.54. The molecular weight excluding hydrogens is 211 g/mol. The van der Waals surface area contributed by atoms with Gasteiger partial charge >= 0.3 is 6.03 Å². The van der Waals surface area contributed by atoms with Crippen LogP contribution in [0.2, 0.25) is 5.02 Å². The molecule has 0 heterocycles. The first kappa shape index (κ1) is 10.5. The zero-order valence-electron chi connectivity index (χ0n) is 6.88. The van der Waals surface area contributed by atoms with Crippen LogP contribution in [0.25, 0.3) is 0 Å². The molecule has 0 aliphatic heterocycles. The quantitative estimate of drug-likeness (QED) is 0.743. The van der Waals surface area contributed by atoms with E-state index in [-0.39, 0.29) is 10.6 Å². The van der Waals surface area contributed by atoms with Crippen LogP contribution in [0.15, 0.2) is 18.2 Å². The van der Waals surface area contributed by atoms with E-state index in [9.17, 15) is 14.0 Å². The van der Waals surface area contributed by atoms with Crippen molar-refractivity contribution >= 4 is 23.5 Å². The summed E-state index contributed by atoms with van der Waals surface area (Å²) < 4.78 is 13.2. The van der Waals surface area contributed by atoms with E-state index >= 15 is 0 Å². The van der Waals surface area contributed by atoms with Gasteiger partial charge in [-0.1, -0.05) is 17.7 Å². The number of imide groups is 1. The first-order chi connectivity index (χ1) is 6.52. The molecule has 74 valence electrons. The first-order valence-corrected chi connectivity index (χ1v) is 3.95. The lowest BCUT2D eigenvalue weighted by Gasteiger charge is -2.02. The molecular formula is C8H6ClFN2O2. The number of nitrogens with two attached hydrogens (primary N) is 1. The monoisotopic (exact) mass is 216 g/mol. The Bertz CT molecular complexity index is 395. The minimum Gasteiger partial charge on any atom is -0.351 e. The number of rotatable bonds is 1. The minimum absolute atomic E-state index is 0.192. The Morgan fingerprint density at radius 3 is 2.64 bits per heavy atom. The maximum atomic E-state index is 13.2. The van der Waals surface area contributed by atoms with Crippen LogP contribution in [0.4, 0.5) is 9.18 Å². The zero-order chi connectivity index (χ0) is 10.7. The fraction of sp³-hybridized carbons (Fsp3) is 0. The molecule has 0 fully saturated rings. The second-order valence-corrected chi connectivity index (χ2v) is 2.83. The van der Waals surface area contributed by atoms with Gasteiger partial charge in [-0.3, -0.25) is 10.1 Å². The Morgan fingerprint density at radius 2 is 2.07 bits per heavy atom. The van der Waals surface area contributed by atoms with E-state index in [1.807, 2.05) is 0 Å². The molecule has 0 aromatic heterocycles. The van der Waals surface area contributed by atoms with Crippen molar-refractivity contribution in [3.05, 3.63) is 34.6 Å². The molecule has 6 heteroatoms. The van der Waals surface area contributed by atoms with Gasteiger partial charge in [-0.05, 0) is 12.1 Å². The van der Waals surface area contributed by atoms with E-state index in [1.54, 1.807) is 5.32 Å². The van der Waals surface area contributed by atoms with Crippen LogP contribution < -0.4 is 11.1 Å². The lowest BCUT2D eigenvalue weighted by atomic mass is 10.2. The van der Waals surface area contributed by atoms with E-state index in [1.165, 1.54) is 18.2 Å². The van der Waals surface area contributed by atoms with Crippen molar-refractivity contribution in [1.82, 2.24) is 5.32 Å². The maximum Gasteiger partial charge on any atom is 0.319 e. The summed E-state index contributed by atoms with van der Waals surface area (Å²) in [6.07, 6.45) is 0. The van der Waals surface area contributed by atoms with Crippen LogP contribution in [0.3, 0.4) is 0 Å². The van der Waals surface area contributed by atoms with Gasteiger partial charge in [0, 0.05) is 0 Å². The van der Waals surface area contributed by atoms with Gasteiger partial charge in [-0.25, -0.2) is 9.18 Å². The van der Waals surface area contributed by atoms with Crippen molar-refractivity contribution in [2.24, 2.45) is 5.73 Å². The minimum atomic E-state index is -1.05. The Kier molecular flexibility index (Phi) is 3.03. The third kappa shape index (κ3) is 2.20. The van der Waals surface area contributed by atoms with Crippen molar-refractivity contribution in [1.29, 1.82) is 0 Å². The number of carbonyl (C=O) groups excluding carboxylic acids is 2. The van der Waals surface area contributed by atoms with Gasteiger partial charge in [0.05, 0.1) is 10.6 Å². The van der Waals surface area contributed by atoms with Crippen LogP contribution in [0.5, 0.6) is 0 Å². The third-order valence-corrected chi connectivity index (χ3v) is 1.72. The highest BCUT2D eigenvalue weighted by Crippen LogP contribution is 2.17. The normalized spacial score (nSPS) is 9.57. The number of hydrogen-bond acceptors (Lipinski definition) is 2.